The van der Waals surface area contributed by atoms with Crippen LogP contribution in [0.2, 0.25) is 0 Å². The number of carbonyl (C=O) groups excluding carboxylic acids is 1. The zero-order valence-electron chi connectivity index (χ0n) is 9.66. The summed E-state index contributed by atoms with van der Waals surface area (Å²) in [7, 11) is 0. The summed E-state index contributed by atoms with van der Waals surface area (Å²) in [6, 6.07) is 7.26. The average Bonchev–Trinajstić information content (AvgIpc) is 2.76. The molecular formula is C15H13NO. The normalized spacial score (nSPS) is 13.6. The molecule has 0 saturated heterocycles. The molecule has 17 heavy (non-hydrogen) atoms. The van der Waals surface area contributed by atoms with Gasteiger partial charge in [0.15, 0.2) is 0 Å². The molecule has 0 unspecified atom stereocenters. The fourth-order valence-electron chi connectivity index (χ4n) is 1.70. The van der Waals surface area contributed by atoms with Gasteiger partial charge in [0.1, 0.15) is 0 Å². The van der Waals surface area contributed by atoms with Crippen LogP contribution in [0.25, 0.3) is 0 Å². The number of anilines is 1. The lowest BCUT2D eigenvalue weighted by atomic mass is 10.2. The van der Waals surface area contributed by atoms with Gasteiger partial charge in [0.05, 0.1) is 0 Å². The molecule has 0 atom stereocenters. The van der Waals surface area contributed by atoms with Gasteiger partial charge in [-0.15, -0.1) is 6.42 Å². The monoisotopic (exact) mass is 223 g/mol. The Kier molecular flexibility index (Phi) is 3.11. The van der Waals surface area contributed by atoms with Crippen molar-refractivity contribution in [2.75, 3.05) is 5.32 Å². The number of hydrogen-bond donors (Lipinski definition) is 1. The molecule has 1 amide bonds. The SMILES string of the molecule is C#Cc1cccc(NC(=O)C2=CCC(C)=C2)c1. The molecule has 1 aliphatic carbocycles. The summed E-state index contributed by atoms with van der Waals surface area (Å²) in [6.07, 6.45) is 9.99. The van der Waals surface area contributed by atoms with E-state index >= 15 is 0 Å². The first-order chi connectivity index (χ1) is 8.19. The molecule has 84 valence electrons. The number of terminal acetylenes is 1. The summed E-state index contributed by atoms with van der Waals surface area (Å²) in [4.78, 5) is 11.9. The van der Waals surface area contributed by atoms with Crippen molar-refractivity contribution in [3.8, 4) is 12.3 Å². The standard InChI is InChI=1S/C15H13NO/c1-3-12-5-4-6-14(10-12)16-15(17)13-8-7-11(2)9-13/h1,4-6,8-10H,7H2,2H3,(H,16,17). The second kappa shape index (κ2) is 4.71. The summed E-state index contributed by atoms with van der Waals surface area (Å²) in [5, 5.41) is 2.83. The van der Waals surface area contributed by atoms with Crippen molar-refractivity contribution in [3.63, 3.8) is 0 Å². The maximum Gasteiger partial charge on any atom is 0.255 e. The number of allylic oxidation sites excluding steroid dienone is 2. The number of benzene rings is 1. The predicted molar refractivity (Wildman–Crippen MR) is 69.5 cm³/mol. The second-order valence-electron chi connectivity index (χ2n) is 4.03. The van der Waals surface area contributed by atoms with E-state index in [1.807, 2.05) is 37.3 Å². The van der Waals surface area contributed by atoms with Gasteiger partial charge in [-0.1, -0.05) is 29.7 Å². The average molecular weight is 223 g/mol. The van der Waals surface area contributed by atoms with Crippen LogP contribution in [0.1, 0.15) is 18.9 Å². The minimum absolute atomic E-state index is 0.0870. The molecule has 0 saturated carbocycles. The van der Waals surface area contributed by atoms with Crippen molar-refractivity contribution >= 4 is 11.6 Å². The van der Waals surface area contributed by atoms with Crippen molar-refractivity contribution in [2.45, 2.75) is 13.3 Å². The first-order valence-electron chi connectivity index (χ1n) is 5.44. The van der Waals surface area contributed by atoms with E-state index in [1.54, 1.807) is 6.07 Å². The Morgan fingerprint density at radius 1 is 1.47 bits per heavy atom. The predicted octanol–water partition coefficient (Wildman–Crippen LogP) is 2.88. The molecule has 0 radical (unpaired) electrons. The highest BCUT2D eigenvalue weighted by atomic mass is 16.1. The van der Waals surface area contributed by atoms with E-state index in [9.17, 15) is 4.79 Å². The summed E-state index contributed by atoms with van der Waals surface area (Å²) in [5.74, 6) is 2.45. The molecule has 0 aliphatic heterocycles. The van der Waals surface area contributed by atoms with E-state index < -0.39 is 0 Å². The maximum atomic E-state index is 11.9. The molecular weight excluding hydrogens is 210 g/mol. The molecule has 2 rings (SSSR count). The molecule has 1 aliphatic rings. The number of rotatable bonds is 2. The van der Waals surface area contributed by atoms with Gasteiger partial charge in [-0.3, -0.25) is 4.79 Å². The number of carbonyl (C=O) groups is 1. The third-order valence-electron chi connectivity index (χ3n) is 2.60. The first-order valence-corrected chi connectivity index (χ1v) is 5.44. The quantitative estimate of drug-likeness (QED) is 0.767. The molecule has 2 nitrogen and oxygen atoms in total. The summed E-state index contributed by atoms with van der Waals surface area (Å²) < 4.78 is 0. The molecule has 1 N–H and O–H groups in total. The maximum absolute atomic E-state index is 11.9. The highest BCUT2D eigenvalue weighted by molar-refractivity contribution is 6.06. The summed E-state index contributed by atoms with van der Waals surface area (Å²) in [6.45, 7) is 2.01. The van der Waals surface area contributed by atoms with E-state index in [-0.39, 0.29) is 5.91 Å². The van der Waals surface area contributed by atoms with Gasteiger partial charge in [-0.25, -0.2) is 0 Å². The Bertz CT molecular complexity index is 559. The van der Waals surface area contributed by atoms with Crippen LogP contribution in [0.5, 0.6) is 0 Å². The molecule has 0 spiro atoms. The van der Waals surface area contributed by atoms with Gasteiger partial charge < -0.3 is 5.32 Å². The Labute approximate surface area is 101 Å². The topological polar surface area (TPSA) is 29.1 Å². The van der Waals surface area contributed by atoms with Crippen LogP contribution in [-0.2, 0) is 4.79 Å². The molecule has 2 heteroatoms. The van der Waals surface area contributed by atoms with Gasteiger partial charge in [0.25, 0.3) is 5.91 Å². The van der Waals surface area contributed by atoms with Gasteiger partial charge >= 0.3 is 0 Å². The zero-order valence-corrected chi connectivity index (χ0v) is 9.66. The van der Waals surface area contributed by atoms with Crippen LogP contribution in [-0.4, -0.2) is 5.91 Å². The largest absolute Gasteiger partial charge is 0.322 e. The molecule has 0 bridgehead atoms. The summed E-state index contributed by atoms with van der Waals surface area (Å²) >= 11 is 0. The lowest BCUT2D eigenvalue weighted by Gasteiger charge is -2.05. The fraction of sp³-hybridized carbons (Fsp3) is 0.133. The van der Waals surface area contributed by atoms with Crippen LogP contribution in [0.4, 0.5) is 5.69 Å². The van der Waals surface area contributed by atoms with E-state index in [2.05, 4.69) is 11.2 Å². The third-order valence-corrected chi connectivity index (χ3v) is 2.60. The Morgan fingerprint density at radius 2 is 2.29 bits per heavy atom. The smallest absolute Gasteiger partial charge is 0.255 e. The van der Waals surface area contributed by atoms with Crippen molar-refractivity contribution in [1.82, 2.24) is 0 Å². The van der Waals surface area contributed by atoms with Crippen molar-refractivity contribution < 1.29 is 4.79 Å². The van der Waals surface area contributed by atoms with Crippen molar-refractivity contribution in [2.24, 2.45) is 0 Å². The fourth-order valence-corrected chi connectivity index (χ4v) is 1.70. The molecule has 0 aromatic heterocycles. The minimum atomic E-state index is -0.0870. The molecule has 1 aromatic rings. The van der Waals surface area contributed by atoms with Crippen LogP contribution in [0, 0.1) is 12.3 Å². The zero-order chi connectivity index (χ0) is 12.3. The molecule has 0 heterocycles. The van der Waals surface area contributed by atoms with E-state index in [1.165, 1.54) is 5.57 Å². The van der Waals surface area contributed by atoms with Gasteiger partial charge in [0.2, 0.25) is 0 Å². The van der Waals surface area contributed by atoms with Crippen LogP contribution in [0.15, 0.2) is 47.6 Å². The second-order valence-corrected chi connectivity index (χ2v) is 4.03. The molecule has 0 fully saturated rings. The highest BCUT2D eigenvalue weighted by Crippen LogP contribution is 2.18. The number of hydrogen-bond acceptors (Lipinski definition) is 1. The number of nitrogens with one attached hydrogen (secondary N) is 1. The highest BCUT2D eigenvalue weighted by Gasteiger charge is 2.11. The van der Waals surface area contributed by atoms with Crippen LogP contribution >= 0.6 is 0 Å². The van der Waals surface area contributed by atoms with Gasteiger partial charge in [-0.2, -0.15) is 0 Å². The lowest BCUT2D eigenvalue weighted by molar-refractivity contribution is -0.112. The summed E-state index contributed by atoms with van der Waals surface area (Å²) in [5.41, 5.74) is 3.40. The van der Waals surface area contributed by atoms with E-state index in [4.69, 9.17) is 6.42 Å². The van der Waals surface area contributed by atoms with Crippen LogP contribution in [0.3, 0.4) is 0 Å². The molecule has 1 aromatic carbocycles. The van der Waals surface area contributed by atoms with Crippen LogP contribution < -0.4 is 5.32 Å². The van der Waals surface area contributed by atoms with E-state index in [0.29, 0.717) is 5.57 Å². The van der Waals surface area contributed by atoms with Crippen molar-refractivity contribution in [3.05, 3.63) is 53.1 Å². The van der Waals surface area contributed by atoms with Crippen molar-refractivity contribution in [1.29, 1.82) is 0 Å². The van der Waals surface area contributed by atoms with Gasteiger partial charge in [-0.05, 0) is 31.5 Å². The Balaban J connectivity index is 2.11. The minimum Gasteiger partial charge on any atom is -0.322 e. The Hall–Kier alpha value is -2.27. The lowest BCUT2D eigenvalue weighted by Crippen LogP contribution is -2.12. The first kappa shape index (κ1) is 11.2. The van der Waals surface area contributed by atoms with Gasteiger partial charge in [0, 0.05) is 16.8 Å². The Morgan fingerprint density at radius 3 is 2.94 bits per heavy atom. The number of amides is 1. The van der Waals surface area contributed by atoms with E-state index in [0.717, 1.165) is 17.7 Å². The third kappa shape index (κ3) is 2.64.